The van der Waals surface area contributed by atoms with Gasteiger partial charge < -0.3 is 5.32 Å². The van der Waals surface area contributed by atoms with Crippen molar-refractivity contribution < 1.29 is 0 Å². The highest BCUT2D eigenvalue weighted by Gasteiger charge is 2.16. The molecule has 3 aromatic carbocycles. The van der Waals surface area contributed by atoms with Crippen LogP contribution in [0, 0.1) is 0 Å². The van der Waals surface area contributed by atoms with Crippen molar-refractivity contribution >= 4 is 22.9 Å². The van der Waals surface area contributed by atoms with Crippen LogP contribution in [-0.2, 0) is 0 Å². The smallest absolute Gasteiger partial charge is 0.108 e. The molecule has 0 spiro atoms. The Morgan fingerprint density at radius 2 is 1.50 bits per heavy atom. The number of anilines is 1. The Morgan fingerprint density at radius 1 is 0.846 bits per heavy atom. The van der Waals surface area contributed by atoms with E-state index < -0.39 is 0 Å². The van der Waals surface area contributed by atoms with Gasteiger partial charge in [0.1, 0.15) is 5.84 Å². The first-order valence-electron chi connectivity index (χ1n) is 8.90. The molecule has 0 saturated heterocycles. The molecule has 0 aromatic heterocycles. The number of amidine groups is 1. The van der Waals surface area contributed by atoms with Crippen LogP contribution in [0.4, 0.5) is 11.4 Å². The van der Waals surface area contributed by atoms with E-state index in [1.807, 2.05) is 42.5 Å². The molecule has 26 heavy (non-hydrogen) atoms. The Kier molecular flexibility index (Phi) is 4.61. The summed E-state index contributed by atoms with van der Waals surface area (Å²) in [5.74, 6) is 0.939. The Bertz CT molecular complexity index is 943. The van der Waals surface area contributed by atoms with E-state index in [1.165, 1.54) is 5.56 Å². The fourth-order valence-corrected chi connectivity index (χ4v) is 3.13. The first kappa shape index (κ1) is 16.3. The van der Waals surface area contributed by atoms with E-state index in [9.17, 15) is 0 Å². The average Bonchev–Trinajstić information content (AvgIpc) is 2.88. The van der Waals surface area contributed by atoms with E-state index in [0.29, 0.717) is 6.42 Å². The minimum Gasteiger partial charge on any atom is -0.342 e. The Hall–Kier alpha value is -3.20. The molecule has 128 valence electrons. The van der Waals surface area contributed by atoms with Crippen molar-refractivity contribution in [2.45, 2.75) is 19.4 Å². The molecule has 0 radical (unpaired) electrons. The molecule has 0 bridgehead atoms. The van der Waals surface area contributed by atoms with E-state index >= 15 is 0 Å². The number of hydrogen-bond donors (Lipinski definition) is 1. The van der Waals surface area contributed by atoms with Gasteiger partial charge in [-0.25, -0.2) is 0 Å². The van der Waals surface area contributed by atoms with Crippen molar-refractivity contribution in [2.75, 3.05) is 5.32 Å². The molecule has 0 saturated carbocycles. The molecule has 0 fully saturated rings. The zero-order valence-corrected chi connectivity index (χ0v) is 14.8. The molecule has 4 rings (SSSR count). The lowest BCUT2D eigenvalue weighted by Gasteiger charge is -2.13. The number of benzene rings is 3. The van der Waals surface area contributed by atoms with Crippen molar-refractivity contribution in [3.8, 4) is 0 Å². The number of aliphatic imine (C=N–C) groups is 2. The van der Waals surface area contributed by atoms with Crippen LogP contribution in [0.25, 0.3) is 0 Å². The van der Waals surface area contributed by atoms with Gasteiger partial charge in [-0.15, -0.1) is 0 Å². The summed E-state index contributed by atoms with van der Waals surface area (Å²) in [6, 6.07) is 28.9. The number of nitrogens with one attached hydrogen (secondary N) is 1. The number of hydrogen-bond acceptors (Lipinski definition) is 2. The number of fused-ring (bicyclic) bond motifs is 1. The standard InChI is InChI=1S/C23H21N3/c1-17(18-10-4-2-5-11-18)24-23-16-22(19-12-6-3-7-13-19)25-20-14-8-9-15-21(20)26-23/h2-15,17H,16H2,1H3,(H,24,26). The summed E-state index contributed by atoms with van der Waals surface area (Å²) in [6.07, 6.45) is 0.676. The maximum Gasteiger partial charge on any atom is 0.108 e. The molecule has 0 aliphatic carbocycles. The summed E-state index contributed by atoms with van der Waals surface area (Å²) in [4.78, 5) is 9.88. The molecular formula is C23H21N3. The molecule has 3 aromatic rings. The van der Waals surface area contributed by atoms with Gasteiger partial charge in [0, 0.05) is 6.42 Å². The third-order valence-corrected chi connectivity index (χ3v) is 4.51. The molecule has 1 aliphatic heterocycles. The second kappa shape index (κ2) is 7.36. The van der Waals surface area contributed by atoms with Gasteiger partial charge in [-0.1, -0.05) is 72.8 Å². The van der Waals surface area contributed by atoms with Crippen molar-refractivity contribution in [3.05, 3.63) is 96.1 Å². The monoisotopic (exact) mass is 339 g/mol. The van der Waals surface area contributed by atoms with Crippen LogP contribution in [0.5, 0.6) is 0 Å². The summed E-state index contributed by atoms with van der Waals surface area (Å²) in [7, 11) is 0. The maximum atomic E-state index is 4.97. The molecule has 1 N–H and O–H groups in total. The average molecular weight is 339 g/mol. The summed E-state index contributed by atoms with van der Waals surface area (Å²) < 4.78 is 0. The molecule has 1 atom stereocenters. The summed E-state index contributed by atoms with van der Waals surface area (Å²) >= 11 is 0. The molecule has 1 heterocycles. The predicted octanol–water partition coefficient (Wildman–Crippen LogP) is 5.78. The molecule has 1 unspecified atom stereocenters. The lowest BCUT2D eigenvalue weighted by molar-refractivity contribution is 0.817. The summed E-state index contributed by atoms with van der Waals surface area (Å²) in [6.45, 7) is 2.13. The van der Waals surface area contributed by atoms with Crippen LogP contribution in [0.2, 0.25) is 0 Å². The summed E-state index contributed by atoms with van der Waals surface area (Å²) in [5.41, 5.74) is 5.31. The van der Waals surface area contributed by atoms with E-state index in [1.54, 1.807) is 0 Å². The van der Waals surface area contributed by atoms with Gasteiger partial charge in [0.05, 0.1) is 23.1 Å². The van der Waals surface area contributed by atoms with E-state index in [-0.39, 0.29) is 6.04 Å². The van der Waals surface area contributed by atoms with Gasteiger partial charge >= 0.3 is 0 Å². The number of para-hydroxylation sites is 2. The Balaban J connectivity index is 1.73. The van der Waals surface area contributed by atoms with Gasteiger partial charge in [-0.3, -0.25) is 9.98 Å². The minimum absolute atomic E-state index is 0.0842. The Labute approximate surface area is 154 Å². The number of nitrogens with zero attached hydrogens (tertiary/aromatic N) is 2. The van der Waals surface area contributed by atoms with Crippen molar-refractivity contribution in [3.63, 3.8) is 0 Å². The molecule has 3 nitrogen and oxygen atoms in total. The van der Waals surface area contributed by atoms with E-state index in [0.717, 1.165) is 28.5 Å². The quantitative estimate of drug-likeness (QED) is 0.645. The Morgan fingerprint density at radius 3 is 2.27 bits per heavy atom. The van der Waals surface area contributed by atoms with Gasteiger partial charge in [0.25, 0.3) is 0 Å². The van der Waals surface area contributed by atoms with Crippen molar-refractivity contribution in [1.29, 1.82) is 0 Å². The highest BCUT2D eigenvalue weighted by molar-refractivity contribution is 6.18. The van der Waals surface area contributed by atoms with E-state index in [4.69, 9.17) is 9.98 Å². The first-order valence-corrected chi connectivity index (χ1v) is 8.90. The fraction of sp³-hybridized carbons (Fsp3) is 0.130. The second-order valence-electron chi connectivity index (χ2n) is 6.41. The first-order chi connectivity index (χ1) is 12.8. The third kappa shape index (κ3) is 3.57. The van der Waals surface area contributed by atoms with Gasteiger partial charge in [-0.2, -0.15) is 0 Å². The van der Waals surface area contributed by atoms with Crippen molar-refractivity contribution in [1.82, 2.24) is 0 Å². The van der Waals surface area contributed by atoms with Crippen LogP contribution in [0.3, 0.4) is 0 Å². The highest BCUT2D eigenvalue weighted by atomic mass is 15.0. The summed E-state index contributed by atoms with van der Waals surface area (Å²) in [5, 5.41) is 3.50. The van der Waals surface area contributed by atoms with Crippen LogP contribution < -0.4 is 5.32 Å². The third-order valence-electron chi connectivity index (χ3n) is 4.51. The molecule has 3 heteroatoms. The minimum atomic E-state index is 0.0842. The predicted molar refractivity (Wildman–Crippen MR) is 110 cm³/mol. The molecule has 0 amide bonds. The van der Waals surface area contributed by atoms with Gasteiger partial charge in [-0.05, 0) is 30.2 Å². The second-order valence-corrected chi connectivity index (χ2v) is 6.41. The van der Waals surface area contributed by atoms with E-state index in [2.05, 4.69) is 54.7 Å². The molecular weight excluding hydrogens is 318 g/mol. The van der Waals surface area contributed by atoms with Crippen LogP contribution in [-0.4, -0.2) is 11.5 Å². The zero-order valence-electron chi connectivity index (χ0n) is 14.8. The number of rotatable bonds is 3. The molecule has 1 aliphatic rings. The maximum absolute atomic E-state index is 4.97. The van der Waals surface area contributed by atoms with Crippen LogP contribution >= 0.6 is 0 Å². The lowest BCUT2D eigenvalue weighted by atomic mass is 10.1. The lowest BCUT2D eigenvalue weighted by Crippen LogP contribution is -2.17. The highest BCUT2D eigenvalue weighted by Crippen LogP contribution is 2.29. The largest absolute Gasteiger partial charge is 0.342 e. The SMILES string of the molecule is CC(N=C1CC(c2ccccc2)=Nc2ccccc2N1)c1ccccc1. The van der Waals surface area contributed by atoms with Crippen molar-refractivity contribution in [2.24, 2.45) is 9.98 Å². The van der Waals surface area contributed by atoms with Crippen LogP contribution in [0.1, 0.15) is 30.5 Å². The fourth-order valence-electron chi connectivity index (χ4n) is 3.13. The van der Waals surface area contributed by atoms with Gasteiger partial charge in [0.15, 0.2) is 0 Å². The van der Waals surface area contributed by atoms with Gasteiger partial charge in [0.2, 0.25) is 0 Å². The zero-order chi connectivity index (χ0) is 17.8. The topological polar surface area (TPSA) is 36.8 Å². The van der Waals surface area contributed by atoms with Crippen LogP contribution in [0.15, 0.2) is 94.9 Å². The normalized spacial score (nSPS) is 16.2.